The lowest BCUT2D eigenvalue weighted by Crippen LogP contribution is -2.47. The minimum Gasteiger partial charge on any atom is -0.385 e. The second-order valence-corrected chi connectivity index (χ2v) is 10.1. The van der Waals surface area contributed by atoms with Crippen molar-refractivity contribution in [1.82, 2.24) is 0 Å². The molecule has 0 aliphatic heterocycles. The van der Waals surface area contributed by atoms with Crippen molar-refractivity contribution < 1.29 is 13.6 Å². The summed E-state index contributed by atoms with van der Waals surface area (Å²) in [5.41, 5.74) is 7.95. The zero-order chi connectivity index (χ0) is 25.8. The molecule has 3 rings (SSSR count). The predicted molar refractivity (Wildman–Crippen MR) is 139 cm³/mol. The van der Waals surface area contributed by atoms with Crippen molar-refractivity contribution >= 4 is 28.9 Å². The fourth-order valence-corrected chi connectivity index (χ4v) is 4.58. The van der Waals surface area contributed by atoms with Gasteiger partial charge < -0.3 is 27.1 Å². The summed E-state index contributed by atoms with van der Waals surface area (Å²) in [7, 11) is 0. The predicted octanol–water partition coefficient (Wildman–Crippen LogP) is 5.38. The molecule has 35 heavy (non-hydrogen) atoms. The van der Waals surface area contributed by atoms with E-state index in [4.69, 9.17) is 11.6 Å². The molecule has 0 heterocycles. The first-order valence-electron chi connectivity index (χ1n) is 12.0. The second-order valence-electron chi connectivity index (χ2n) is 10.1. The molecule has 2 aromatic carbocycles. The first-order chi connectivity index (χ1) is 16.6. The minimum absolute atomic E-state index is 0.113. The Morgan fingerprint density at radius 1 is 1.03 bits per heavy atom. The van der Waals surface area contributed by atoms with E-state index in [1.54, 1.807) is 0 Å². The lowest BCUT2D eigenvalue weighted by Gasteiger charge is -2.42. The van der Waals surface area contributed by atoms with Crippen molar-refractivity contribution in [3.05, 3.63) is 53.6 Å². The number of nitrogens with one attached hydrogen (secondary N) is 2. The van der Waals surface area contributed by atoms with E-state index < -0.39 is 23.1 Å². The third kappa shape index (κ3) is 6.01. The normalized spacial score (nSPS) is 15.1. The quantitative estimate of drug-likeness (QED) is 0.165. The summed E-state index contributed by atoms with van der Waals surface area (Å²) in [6, 6.07) is 8.28. The van der Waals surface area contributed by atoms with E-state index in [0.29, 0.717) is 23.4 Å². The third-order valence-corrected chi connectivity index (χ3v) is 6.32. The fourth-order valence-electron chi connectivity index (χ4n) is 4.58. The fraction of sp³-hybridized carbons (Fsp3) is 0.462. The van der Waals surface area contributed by atoms with Crippen LogP contribution in [0.2, 0.25) is 0 Å². The highest BCUT2D eigenvalue weighted by molar-refractivity contribution is 6.02. The molecule has 1 fully saturated rings. The summed E-state index contributed by atoms with van der Waals surface area (Å²) < 4.78 is 27.4. The van der Waals surface area contributed by atoms with Crippen LogP contribution in [-0.2, 0) is 5.41 Å². The maximum absolute atomic E-state index is 14.1. The molecule has 190 valence electrons. The molecular formula is C26H36F2N6O. The molecule has 0 radical (unpaired) electrons. The zero-order valence-corrected chi connectivity index (χ0v) is 20.9. The number of anilines is 3. The number of nitrogens with two attached hydrogens (primary N) is 2. The Hall–Kier alpha value is -3.36. The highest BCUT2D eigenvalue weighted by Gasteiger charge is 2.43. The van der Waals surface area contributed by atoms with Gasteiger partial charge >= 0.3 is 6.03 Å². The Morgan fingerprint density at radius 3 is 2.17 bits per heavy atom. The SMILES string of the molecule is CC(C)CN(CC(C)C)c1ccc(C2(C(N)=NN)CCC2)cc1NC(=O)Nc1ccc(F)cc1F. The number of carbonyl (C=O) groups excluding carboxylic acids is 1. The third-order valence-electron chi connectivity index (χ3n) is 6.32. The first kappa shape index (κ1) is 26.2. The lowest BCUT2D eigenvalue weighted by atomic mass is 9.63. The molecule has 2 aromatic rings. The monoisotopic (exact) mass is 486 g/mol. The number of nitrogens with zero attached hydrogens (tertiary/aromatic N) is 2. The van der Waals surface area contributed by atoms with Crippen molar-refractivity contribution in [2.24, 2.45) is 28.5 Å². The number of carbonyl (C=O) groups is 1. The Kier molecular flexibility index (Phi) is 8.19. The number of halogens is 2. The Bertz CT molecular complexity index is 1070. The van der Waals surface area contributed by atoms with E-state index in [1.807, 2.05) is 18.2 Å². The van der Waals surface area contributed by atoms with Crippen LogP contribution in [0.25, 0.3) is 0 Å². The molecular weight excluding hydrogens is 450 g/mol. The molecule has 0 unspecified atom stereocenters. The van der Waals surface area contributed by atoms with Gasteiger partial charge in [0.25, 0.3) is 0 Å². The summed E-state index contributed by atoms with van der Waals surface area (Å²) >= 11 is 0. The van der Waals surface area contributed by atoms with E-state index in [0.717, 1.165) is 55.7 Å². The Labute approximate surface area is 205 Å². The molecule has 6 N–H and O–H groups in total. The average molecular weight is 487 g/mol. The number of amides is 2. The number of amidine groups is 1. The molecule has 0 aromatic heterocycles. The maximum Gasteiger partial charge on any atom is 0.323 e. The number of rotatable bonds is 9. The van der Waals surface area contributed by atoms with E-state index >= 15 is 0 Å². The van der Waals surface area contributed by atoms with Crippen molar-refractivity contribution in [2.45, 2.75) is 52.4 Å². The molecule has 1 aliphatic rings. The van der Waals surface area contributed by atoms with Crippen LogP contribution < -0.4 is 27.1 Å². The number of urea groups is 1. The van der Waals surface area contributed by atoms with Crippen molar-refractivity contribution in [3.63, 3.8) is 0 Å². The molecule has 1 saturated carbocycles. The van der Waals surface area contributed by atoms with Gasteiger partial charge in [0.2, 0.25) is 0 Å². The molecule has 0 atom stereocenters. The highest BCUT2D eigenvalue weighted by atomic mass is 19.1. The van der Waals surface area contributed by atoms with Crippen LogP contribution in [0.1, 0.15) is 52.5 Å². The van der Waals surface area contributed by atoms with Gasteiger partial charge in [0.15, 0.2) is 0 Å². The van der Waals surface area contributed by atoms with Gasteiger partial charge in [-0.1, -0.05) is 40.2 Å². The van der Waals surface area contributed by atoms with Gasteiger partial charge in [-0.15, -0.1) is 0 Å². The molecule has 9 heteroatoms. The highest BCUT2D eigenvalue weighted by Crippen LogP contribution is 2.46. The number of hydrazone groups is 1. The van der Waals surface area contributed by atoms with Gasteiger partial charge in [0.1, 0.15) is 17.5 Å². The first-order valence-corrected chi connectivity index (χ1v) is 12.0. The van der Waals surface area contributed by atoms with Crippen LogP contribution in [-0.4, -0.2) is 25.0 Å². The van der Waals surface area contributed by atoms with Crippen LogP contribution in [0.5, 0.6) is 0 Å². The van der Waals surface area contributed by atoms with Gasteiger partial charge in [-0.2, -0.15) is 5.10 Å². The zero-order valence-electron chi connectivity index (χ0n) is 20.9. The van der Waals surface area contributed by atoms with E-state index in [-0.39, 0.29) is 5.69 Å². The van der Waals surface area contributed by atoms with Crippen molar-refractivity contribution in [1.29, 1.82) is 0 Å². The average Bonchev–Trinajstić information content (AvgIpc) is 2.74. The molecule has 2 amide bonds. The molecule has 7 nitrogen and oxygen atoms in total. The van der Waals surface area contributed by atoms with Crippen LogP contribution in [0, 0.1) is 23.5 Å². The number of hydrogen-bond acceptors (Lipinski definition) is 4. The summed E-state index contributed by atoms with van der Waals surface area (Å²) in [4.78, 5) is 15.1. The maximum atomic E-state index is 14.1. The number of benzene rings is 2. The van der Waals surface area contributed by atoms with Crippen LogP contribution in [0.3, 0.4) is 0 Å². The van der Waals surface area contributed by atoms with Crippen molar-refractivity contribution in [2.75, 3.05) is 28.6 Å². The molecule has 0 bridgehead atoms. The Balaban J connectivity index is 2.00. The largest absolute Gasteiger partial charge is 0.385 e. The van der Waals surface area contributed by atoms with Crippen LogP contribution in [0.4, 0.5) is 30.6 Å². The van der Waals surface area contributed by atoms with Gasteiger partial charge in [-0.05, 0) is 54.5 Å². The van der Waals surface area contributed by atoms with E-state index in [2.05, 4.69) is 48.3 Å². The summed E-state index contributed by atoms with van der Waals surface area (Å²) in [5, 5.41) is 9.13. The molecule has 0 spiro atoms. The van der Waals surface area contributed by atoms with Gasteiger partial charge in [0.05, 0.1) is 22.5 Å². The summed E-state index contributed by atoms with van der Waals surface area (Å²) in [5.74, 6) is 5.11. The van der Waals surface area contributed by atoms with Crippen LogP contribution in [0.15, 0.2) is 41.5 Å². The minimum atomic E-state index is -0.851. The molecule has 1 aliphatic carbocycles. The van der Waals surface area contributed by atoms with Gasteiger partial charge in [-0.25, -0.2) is 13.6 Å². The smallest absolute Gasteiger partial charge is 0.323 e. The number of hydrogen-bond donors (Lipinski definition) is 4. The lowest BCUT2D eigenvalue weighted by molar-refractivity contribution is 0.262. The summed E-state index contributed by atoms with van der Waals surface area (Å²) in [6.07, 6.45) is 2.62. The molecule has 0 saturated heterocycles. The van der Waals surface area contributed by atoms with Gasteiger partial charge in [-0.3, -0.25) is 0 Å². The topological polar surface area (TPSA) is 109 Å². The second kappa shape index (κ2) is 10.9. The Morgan fingerprint density at radius 2 is 1.66 bits per heavy atom. The standard InChI is InChI=1S/C26H36F2N6O/c1-16(2)14-34(15-17(3)4)23-9-6-18(26(10-5-11-26)24(29)33-30)12-22(23)32-25(35)31-21-8-7-19(27)13-20(21)28/h6-9,12-13,16-17H,5,10-11,14-15,30H2,1-4H3,(H2,29,33)(H2,31,32,35). The van der Waals surface area contributed by atoms with E-state index in [1.165, 1.54) is 6.07 Å². The van der Waals surface area contributed by atoms with Crippen molar-refractivity contribution in [3.8, 4) is 0 Å². The van der Waals surface area contributed by atoms with Gasteiger partial charge in [0, 0.05) is 19.2 Å². The van der Waals surface area contributed by atoms with Crippen LogP contribution >= 0.6 is 0 Å². The summed E-state index contributed by atoms with van der Waals surface area (Å²) in [6.45, 7) is 10.1. The van der Waals surface area contributed by atoms with E-state index in [9.17, 15) is 13.6 Å².